The molecule has 0 bridgehead atoms. The molecule has 4 nitrogen and oxygen atoms in total. The van der Waals surface area contributed by atoms with Crippen LogP contribution in [0, 0.1) is 5.82 Å². The fourth-order valence-electron chi connectivity index (χ4n) is 1.66. The van der Waals surface area contributed by atoms with Crippen molar-refractivity contribution in [3.63, 3.8) is 0 Å². The lowest BCUT2D eigenvalue weighted by Crippen LogP contribution is -2.22. The Bertz CT molecular complexity index is 541. The van der Waals surface area contributed by atoms with Crippen LogP contribution >= 0.6 is 0 Å². The van der Waals surface area contributed by atoms with Gasteiger partial charge in [-0.2, -0.15) is 0 Å². The van der Waals surface area contributed by atoms with Crippen LogP contribution in [0.25, 0.3) is 0 Å². The highest BCUT2D eigenvalue weighted by Crippen LogP contribution is 2.19. The molecule has 1 aromatic rings. The predicted octanol–water partition coefficient (Wildman–Crippen LogP) is 1.92. The Morgan fingerprint density at radius 3 is 2.45 bits per heavy atom. The number of benzene rings is 1. The van der Waals surface area contributed by atoms with Gasteiger partial charge >= 0.3 is 0 Å². The monoisotopic (exact) mass is 303 g/mol. The van der Waals surface area contributed by atoms with Crippen LogP contribution in [0.4, 0.5) is 4.39 Å². The summed E-state index contributed by atoms with van der Waals surface area (Å²) in [7, 11) is -3.17. The van der Waals surface area contributed by atoms with E-state index in [2.05, 4.69) is 0 Å². The molecule has 0 aromatic heterocycles. The molecule has 0 saturated carbocycles. The first-order chi connectivity index (χ1) is 9.22. The SMILES string of the molecule is CC(N)Cc1ccc(OCCS(=O)(=O)C(C)C)c(F)c1. The van der Waals surface area contributed by atoms with Crippen LogP contribution in [0.15, 0.2) is 18.2 Å². The molecule has 1 rings (SSSR count). The molecule has 0 saturated heterocycles. The summed E-state index contributed by atoms with van der Waals surface area (Å²) in [6.45, 7) is 5.01. The summed E-state index contributed by atoms with van der Waals surface area (Å²) in [6, 6.07) is 4.57. The second-order valence-corrected chi connectivity index (χ2v) is 7.89. The first kappa shape index (κ1) is 16.9. The maximum Gasteiger partial charge on any atom is 0.165 e. The van der Waals surface area contributed by atoms with Gasteiger partial charge in [0.25, 0.3) is 0 Å². The predicted molar refractivity (Wildman–Crippen MR) is 78.2 cm³/mol. The molecule has 1 aromatic carbocycles. The highest BCUT2D eigenvalue weighted by Gasteiger charge is 2.16. The molecule has 2 N–H and O–H groups in total. The van der Waals surface area contributed by atoms with Gasteiger partial charge in [0.15, 0.2) is 21.4 Å². The maximum absolute atomic E-state index is 13.8. The maximum atomic E-state index is 13.8. The molecule has 114 valence electrons. The van der Waals surface area contributed by atoms with Crippen LogP contribution < -0.4 is 10.5 Å². The van der Waals surface area contributed by atoms with Gasteiger partial charge in [-0.3, -0.25) is 0 Å². The van der Waals surface area contributed by atoms with E-state index in [1.165, 1.54) is 12.1 Å². The van der Waals surface area contributed by atoms with Crippen molar-refractivity contribution < 1.29 is 17.5 Å². The lowest BCUT2D eigenvalue weighted by Gasteiger charge is -2.11. The third kappa shape index (κ3) is 5.09. The van der Waals surface area contributed by atoms with Gasteiger partial charge in [0.1, 0.15) is 6.61 Å². The van der Waals surface area contributed by atoms with Crippen LogP contribution in [0.1, 0.15) is 26.3 Å². The summed E-state index contributed by atoms with van der Waals surface area (Å²) in [5, 5.41) is -0.454. The molecule has 0 aliphatic heterocycles. The molecule has 0 aliphatic rings. The van der Waals surface area contributed by atoms with Crippen molar-refractivity contribution >= 4 is 9.84 Å². The fraction of sp³-hybridized carbons (Fsp3) is 0.571. The van der Waals surface area contributed by atoms with Gasteiger partial charge in [-0.15, -0.1) is 0 Å². The van der Waals surface area contributed by atoms with Gasteiger partial charge in [-0.25, -0.2) is 12.8 Å². The van der Waals surface area contributed by atoms with Crippen LogP contribution in [-0.2, 0) is 16.3 Å². The van der Waals surface area contributed by atoms with E-state index in [0.29, 0.717) is 6.42 Å². The Balaban J connectivity index is 2.61. The summed E-state index contributed by atoms with van der Waals surface area (Å²) in [4.78, 5) is 0. The minimum absolute atomic E-state index is 0.0441. The first-order valence-corrected chi connectivity index (χ1v) is 8.32. The fourth-order valence-corrected chi connectivity index (χ4v) is 2.45. The molecule has 20 heavy (non-hydrogen) atoms. The van der Waals surface area contributed by atoms with Gasteiger partial charge in [0.05, 0.1) is 11.0 Å². The number of sulfone groups is 1. The molecule has 1 atom stereocenters. The minimum atomic E-state index is -3.17. The number of halogens is 1. The number of hydrogen-bond donors (Lipinski definition) is 1. The van der Waals surface area contributed by atoms with E-state index in [1.807, 2.05) is 6.92 Å². The highest BCUT2D eigenvalue weighted by molar-refractivity contribution is 7.91. The van der Waals surface area contributed by atoms with Gasteiger partial charge in [-0.05, 0) is 44.9 Å². The summed E-state index contributed by atoms with van der Waals surface area (Å²) in [5.41, 5.74) is 6.44. The number of hydrogen-bond acceptors (Lipinski definition) is 4. The number of nitrogens with two attached hydrogens (primary N) is 1. The lowest BCUT2D eigenvalue weighted by molar-refractivity contribution is 0.321. The van der Waals surface area contributed by atoms with Crippen molar-refractivity contribution in [3.05, 3.63) is 29.6 Å². The number of rotatable bonds is 7. The average molecular weight is 303 g/mol. The summed E-state index contributed by atoms with van der Waals surface area (Å²) in [5.74, 6) is -0.548. The molecule has 0 fully saturated rings. The second-order valence-electron chi connectivity index (χ2n) is 5.21. The second kappa shape index (κ2) is 7.04. The molecule has 6 heteroatoms. The Morgan fingerprint density at radius 2 is 1.95 bits per heavy atom. The van der Waals surface area contributed by atoms with Crippen molar-refractivity contribution in [1.82, 2.24) is 0 Å². The zero-order chi connectivity index (χ0) is 15.3. The quantitative estimate of drug-likeness (QED) is 0.835. The van der Waals surface area contributed by atoms with Crippen LogP contribution in [0.3, 0.4) is 0 Å². The molecular formula is C14H22FNO3S. The third-order valence-corrected chi connectivity index (χ3v) is 5.07. The van der Waals surface area contributed by atoms with Crippen LogP contribution in [-0.4, -0.2) is 32.1 Å². The van der Waals surface area contributed by atoms with Crippen molar-refractivity contribution in [1.29, 1.82) is 0 Å². The molecule has 0 radical (unpaired) electrons. The largest absolute Gasteiger partial charge is 0.489 e. The van der Waals surface area contributed by atoms with Crippen LogP contribution in [0.2, 0.25) is 0 Å². The van der Waals surface area contributed by atoms with Crippen molar-refractivity contribution in [3.8, 4) is 5.75 Å². The molecule has 0 aliphatic carbocycles. The van der Waals surface area contributed by atoms with Crippen LogP contribution in [0.5, 0.6) is 5.75 Å². The summed E-state index contributed by atoms with van der Waals surface area (Å²) < 4.78 is 42.1. The molecular weight excluding hydrogens is 281 g/mol. The van der Waals surface area contributed by atoms with Crippen molar-refractivity contribution in [2.75, 3.05) is 12.4 Å². The van der Waals surface area contributed by atoms with Gasteiger partial charge in [0, 0.05) is 6.04 Å². The summed E-state index contributed by atoms with van der Waals surface area (Å²) >= 11 is 0. The highest BCUT2D eigenvalue weighted by atomic mass is 32.2. The van der Waals surface area contributed by atoms with E-state index in [1.54, 1.807) is 19.9 Å². The topological polar surface area (TPSA) is 69.4 Å². The van der Waals surface area contributed by atoms with E-state index in [9.17, 15) is 12.8 Å². The van der Waals surface area contributed by atoms with E-state index in [-0.39, 0.29) is 24.2 Å². The Labute approximate surface area is 120 Å². The van der Waals surface area contributed by atoms with E-state index in [4.69, 9.17) is 10.5 Å². The van der Waals surface area contributed by atoms with E-state index in [0.717, 1.165) is 5.56 Å². The Hall–Kier alpha value is -1.14. The molecule has 0 heterocycles. The zero-order valence-electron chi connectivity index (χ0n) is 12.1. The molecule has 0 spiro atoms. The van der Waals surface area contributed by atoms with Crippen molar-refractivity contribution in [2.45, 2.75) is 38.5 Å². The van der Waals surface area contributed by atoms with E-state index >= 15 is 0 Å². The lowest BCUT2D eigenvalue weighted by atomic mass is 10.1. The standard InChI is InChI=1S/C14H22FNO3S/c1-10(2)20(17,18)7-6-19-14-5-4-12(8-11(3)16)9-13(14)15/h4-5,9-11H,6-8,16H2,1-3H3. The normalized spacial score (nSPS) is 13.5. The average Bonchev–Trinajstić information content (AvgIpc) is 2.30. The van der Waals surface area contributed by atoms with Gasteiger partial charge in [-0.1, -0.05) is 6.07 Å². The van der Waals surface area contributed by atoms with Gasteiger partial charge in [0.2, 0.25) is 0 Å². The molecule has 1 unspecified atom stereocenters. The van der Waals surface area contributed by atoms with E-state index < -0.39 is 20.9 Å². The molecule has 0 amide bonds. The number of ether oxygens (including phenoxy) is 1. The summed E-state index contributed by atoms with van der Waals surface area (Å²) in [6.07, 6.45) is 0.582. The van der Waals surface area contributed by atoms with Crippen molar-refractivity contribution in [2.24, 2.45) is 5.73 Å². The third-order valence-electron chi connectivity index (χ3n) is 2.90. The minimum Gasteiger partial charge on any atom is -0.489 e. The zero-order valence-corrected chi connectivity index (χ0v) is 12.9. The van der Waals surface area contributed by atoms with Gasteiger partial charge < -0.3 is 10.5 Å². The first-order valence-electron chi connectivity index (χ1n) is 6.60. The Morgan fingerprint density at radius 1 is 1.30 bits per heavy atom. The smallest absolute Gasteiger partial charge is 0.165 e. The Kier molecular flexibility index (Phi) is 5.95.